The van der Waals surface area contributed by atoms with E-state index in [2.05, 4.69) is 5.38 Å². The Morgan fingerprint density at radius 3 is 2.69 bits per heavy atom. The van der Waals surface area contributed by atoms with Crippen LogP contribution in [0.5, 0.6) is 0 Å². The molecule has 10 heteroatoms. The Morgan fingerprint density at radius 2 is 1.91 bits per heavy atom. The van der Waals surface area contributed by atoms with E-state index in [1.165, 1.54) is 12.1 Å². The van der Waals surface area contributed by atoms with E-state index in [0.29, 0.717) is 22.8 Å². The van der Waals surface area contributed by atoms with E-state index in [1.807, 2.05) is 47.2 Å². The van der Waals surface area contributed by atoms with Gasteiger partial charge in [-0.05, 0) is 63.4 Å². The number of hydrogen-bond donors (Lipinski definition) is 3. The van der Waals surface area contributed by atoms with Gasteiger partial charge in [-0.15, -0.1) is 11.3 Å². The molecule has 0 aliphatic rings. The number of nitrogens with two attached hydrogens (primary N) is 1. The van der Waals surface area contributed by atoms with Crippen LogP contribution in [-0.2, 0) is 17.8 Å². The number of anilines is 1. The van der Waals surface area contributed by atoms with Crippen LogP contribution < -0.4 is 11.2 Å². The van der Waals surface area contributed by atoms with Crippen LogP contribution in [0.15, 0.2) is 66.2 Å². The zero-order valence-electron chi connectivity index (χ0n) is 18.2. The lowest BCUT2D eigenvalue weighted by molar-refractivity contribution is -0.384. The van der Waals surface area contributed by atoms with Gasteiger partial charge in [0.1, 0.15) is 0 Å². The van der Waals surface area contributed by atoms with Crippen molar-refractivity contribution in [2.75, 3.05) is 5.73 Å². The predicted molar refractivity (Wildman–Crippen MR) is 138 cm³/mol. The highest BCUT2D eigenvalue weighted by atomic mass is 35.5. The number of nitrogen functional groups attached to an aromatic ring is 1. The van der Waals surface area contributed by atoms with Crippen molar-refractivity contribution in [3.8, 4) is 11.1 Å². The number of benzene rings is 3. The number of nitrogens with zero attached hydrogens (tertiary/aromatic N) is 2. The number of amides is 1. The number of carbonyl (C=O) groups is 1. The summed E-state index contributed by atoms with van der Waals surface area (Å²) in [6.45, 7) is 0.526. The largest absolute Gasteiger partial charge is 0.399 e. The molecule has 0 bridgehead atoms. The molecule has 4 N–H and O–H groups in total. The average Bonchev–Trinajstić information content (AvgIpc) is 3.39. The van der Waals surface area contributed by atoms with Gasteiger partial charge in [0.2, 0.25) is 5.91 Å². The number of non-ortho nitro benzene ring substituents is 1. The van der Waals surface area contributed by atoms with Gasteiger partial charge in [0, 0.05) is 51.2 Å². The molecule has 0 saturated heterocycles. The third-order valence-corrected chi connectivity index (χ3v) is 7.13. The summed E-state index contributed by atoms with van der Waals surface area (Å²) in [6.07, 6.45) is 1.89. The number of carbonyl (C=O) groups excluding carboxylic acids is 1. The Balaban J connectivity index is 1.65. The highest BCUT2D eigenvalue weighted by Crippen LogP contribution is 2.34. The molecular formula is C25H19ClN4O4S. The van der Waals surface area contributed by atoms with Gasteiger partial charge >= 0.3 is 0 Å². The highest BCUT2D eigenvalue weighted by molar-refractivity contribution is 7.17. The van der Waals surface area contributed by atoms with Gasteiger partial charge in [0.05, 0.1) is 11.3 Å². The molecule has 5 rings (SSSR count). The molecule has 5 aromatic rings. The fourth-order valence-electron chi connectivity index (χ4n) is 4.30. The fraction of sp³-hybridized carbons (Fsp3) is 0.0800. The minimum Gasteiger partial charge on any atom is -0.399 e. The van der Waals surface area contributed by atoms with Crippen molar-refractivity contribution in [2.45, 2.75) is 13.0 Å². The molecular weight excluding hydrogens is 488 g/mol. The van der Waals surface area contributed by atoms with Gasteiger partial charge in [0.25, 0.3) is 5.69 Å². The lowest BCUT2D eigenvalue weighted by atomic mass is 10.0. The molecule has 0 saturated carbocycles. The third-order valence-electron chi connectivity index (χ3n) is 5.88. The summed E-state index contributed by atoms with van der Waals surface area (Å²) in [5, 5.41) is 25.0. The number of hydroxylamine groups is 1. The van der Waals surface area contributed by atoms with E-state index in [-0.39, 0.29) is 12.1 Å². The molecule has 176 valence electrons. The maximum absolute atomic E-state index is 11.9. The van der Waals surface area contributed by atoms with Crippen LogP contribution in [-0.4, -0.2) is 20.6 Å². The van der Waals surface area contributed by atoms with Crippen LogP contribution in [0, 0.1) is 10.1 Å². The SMILES string of the molecule is Nc1cc(-c2ccc3c(CC(=O)NO)cn(Cc4csc5ccc(Cl)cc45)c3c2)cc([N+](=O)[O-])c1. The molecule has 0 aliphatic heterocycles. The minimum absolute atomic E-state index is 0.000678. The van der Waals surface area contributed by atoms with Crippen LogP contribution >= 0.6 is 22.9 Å². The van der Waals surface area contributed by atoms with Crippen LogP contribution in [0.1, 0.15) is 11.1 Å². The van der Waals surface area contributed by atoms with Crippen molar-refractivity contribution in [3.05, 3.63) is 92.4 Å². The third kappa shape index (κ3) is 4.44. The Kier molecular flexibility index (Phi) is 5.89. The summed E-state index contributed by atoms with van der Waals surface area (Å²) in [6, 6.07) is 15.9. The van der Waals surface area contributed by atoms with Gasteiger partial charge in [-0.25, -0.2) is 5.48 Å². The molecule has 0 spiro atoms. The van der Waals surface area contributed by atoms with Crippen molar-refractivity contribution >= 4 is 61.2 Å². The molecule has 0 radical (unpaired) electrons. The second-order valence-electron chi connectivity index (χ2n) is 8.20. The first-order valence-corrected chi connectivity index (χ1v) is 11.8. The van der Waals surface area contributed by atoms with Crippen molar-refractivity contribution in [1.29, 1.82) is 0 Å². The number of nitro groups is 1. The van der Waals surface area contributed by atoms with Crippen LogP contribution in [0.3, 0.4) is 0 Å². The van der Waals surface area contributed by atoms with Gasteiger partial charge in [-0.1, -0.05) is 23.7 Å². The lowest BCUT2D eigenvalue weighted by Crippen LogP contribution is -2.20. The van der Waals surface area contributed by atoms with Crippen molar-refractivity contribution < 1.29 is 14.9 Å². The number of halogens is 1. The minimum atomic E-state index is -0.521. The van der Waals surface area contributed by atoms with Crippen LogP contribution in [0.25, 0.3) is 32.1 Å². The van der Waals surface area contributed by atoms with E-state index >= 15 is 0 Å². The normalized spacial score (nSPS) is 11.3. The smallest absolute Gasteiger partial charge is 0.272 e. The average molecular weight is 507 g/mol. The molecule has 8 nitrogen and oxygen atoms in total. The molecule has 0 atom stereocenters. The number of aromatic nitrogens is 1. The van der Waals surface area contributed by atoms with Crippen molar-refractivity contribution in [2.24, 2.45) is 0 Å². The first-order valence-electron chi connectivity index (χ1n) is 10.6. The number of nitrogens with one attached hydrogen (secondary N) is 1. The summed E-state index contributed by atoms with van der Waals surface area (Å²) < 4.78 is 3.15. The van der Waals surface area contributed by atoms with E-state index in [1.54, 1.807) is 22.9 Å². The van der Waals surface area contributed by atoms with Gasteiger partial charge in [0.15, 0.2) is 0 Å². The van der Waals surface area contributed by atoms with E-state index in [9.17, 15) is 14.9 Å². The quantitative estimate of drug-likeness (QED) is 0.117. The standard InChI is InChI=1S/C25H19ClN4O4S/c26-18-2-4-24-22(9-18)17(13-35-24)12-29-11-16(8-25(31)28-32)21-3-1-14(7-23(21)29)15-5-19(27)10-20(6-15)30(33)34/h1-7,9-11,13,32H,8,12,27H2,(H,28,31). The summed E-state index contributed by atoms with van der Waals surface area (Å²) in [7, 11) is 0. The number of thiophene rings is 1. The van der Waals surface area contributed by atoms with E-state index in [4.69, 9.17) is 22.5 Å². The van der Waals surface area contributed by atoms with Crippen LogP contribution in [0.2, 0.25) is 5.02 Å². The number of rotatable bonds is 6. The molecule has 2 aromatic heterocycles. The highest BCUT2D eigenvalue weighted by Gasteiger charge is 2.16. The monoisotopic (exact) mass is 506 g/mol. The fourth-order valence-corrected chi connectivity index (χ4v) is 5.40. The van der Waals surface area contributed by atoms with E-state index < -0.39 is 10.8 Å². The Bertz CT molecular complexity index is 1630. The number of fused-ring (bicyclic) bond motifs is 2. The molecule has 0 fully saturated rings. The van der Waals surface area contributed by atoms with Crippen LogP contribution in [0.4, 0.5) is 11.4 Å². The molecule has 3 aromatic carbocycles. The summed E-state index contributed by atoms with van der Waals surface area (Å²) in [4.78, 5) is 22.8. The first kappa shape index (κ1) is 22.9. The van der Waals surface area contributed by atoms with E-state index in [0.717, 1.165) is 37.7 Å². The van der Waals surface area contributed by atoms with Crippen molar-refractivity contribution in [1.82, 2.24) is 10.0 Å². The maximum Gasteiger partial charge on any atom is 0.272 e. The molecule has 1 amide bonds. The van der Waals surface area contributed by atoms with Gasteiger partial charge < -0.3 is 10.3 Å². The van der Waals surface area contributed by atoms with Crippen molar-refractivity contribution in [3.63, 3.8) is 0 Å². The zero-order valence-corrected chi connectivity index (χ0v) is 19.8. The Morgan fingerprint density at radius 1 is 1.09 bits per heavy atom. The molecule has 2 heterocycles. The Hall–Kier alpha value is -3.92. The molecule has 0 unspecified atom stereocenters. The summed E-state index contributed by atoms with van der Waals surface area (Å²) in [5.74, 6) is -0.521. The number of hydrogen-bond acceptors (Lipinski definition) is 6. The topological polar surface area (TPSA) is 123 Å². The molecule has 0 aliphatic carbocycles. The maximum atomic E-state index is 11.9. The second kappa shape index (κ2) is 9.03. The second-order valence-corrected chi connectivity index (χ2v) is 9.55. The first-order chi connectivity index (χ1) is 16.8. The summed E-state index contributed by atoms with van der Waals surface area (Å²) >= 11 is 7.86. The lowest BCUT2D eigenvalue weighted by Gasteiger charge is -2.08. The summed E-state index contributed by atoms with van der Waals surface area (Å²) in [5.41, 5.74) is 11.9. The van der Waals surface area contributed by atoms with Gasteiger partial charge in [-0.3, -0.25) is 20.1 Å². The zero-order chi connectivity index (χ0) is 24.7. The Labute approximate surface area is 208 Å². The number of nitro benzene ring substituents is 1. The molecule has 35 heavy (non-hydrogen) atoms. The predicted octanol–water partition coefficient (Wildman–Crippen LogP) is 5.76. The van der Waals surface area contributed by atoms with Gasteiger partial charge in [-0.2, -0.15) is 0 Å².